The van der Waals surface area contributed by atoms with Crippen molar-refractivity contribution in [2.24, 2.45) is 0 Å². The van der Waals surface area contributed by atoms with Crippen LogP contribution in [0.2, 0.25) is 0 Å². The molecule has 1 aromatic heterocycles. The van der Waals surface area contributed by atoms with Crippen LogP contribution >= 0.6 is 11.6 Å². The summed E-state index contributed by atoms with van der Waals surface area (Å²) in [6.45, 7) is 0. The first kappa shape index (κ1) is 13.1. The molecule has 1 amide bonds. The van der Waals surface area contributed by atoms with E-state index in [1.807, 2.05) is 0 Å². The molecule has 0 radical (unpaired) electrons. The van der Waals surface area contributed by atoms with Gasteiger partial charge in [-0.3, -0.25) is 9.59 Å². The van der Waals surface area contributed by atoms with Gasteiger partial charge in [-0.1, -0.05) is 19.3 Å². The molecule has 1 heterocycles. The van der Waals surface area contributed by atoms with Crippen LogP contribution in [0.3, 0.4) is 0 Å². The second kappa shape index (κ2) is 6.05. The van der Waals surface area contributed by atoms with E-state index in [1.165, 1.54) is 24.8 Å². The highest BCUT2D eigenvalue weighted by Crippen LogP contribution is 2.22. The first-order valence-electron chi connectivity index (χ1n) is 6.30. The number of carbonyl (C=O) groups excluding carboxylic acids is 1. The van der Waals surface area contributed by atoms with Crippen LogP contribution < -0.4 is 10.9 Å². The monoisotopic (exact) mass is 268 g/mol. The Balaban J connectivity index is 2.01. The van der Waals surface area contributed by atoms with E-state index in [-0.39, 0.29) is 22.9 Å². The number of alkyl halides is 1. The maximum absolute atomic E-state index is 12.0. The molecule has 0 spiro atoms. The van der Waals surface area contributed by atoms with E-state index in [2.05, 4.69) is 10.3 Å². The molecule has 1 aliphatic rings. The molecule has 0 saturated heterocycles. The van der Waals surface area contributed by atoms with Crippen molar-refractivity contribution in [3.8, 4) is 0 Å². The molecule has 2 rings (SSSR count). The van der Waals surface area contributed by atoms with Crippen LogP contribution in [-0.2, 0) is 0 Å². The standard InChI is InChI=1S/C13H17ClN2O2/c14-10-4-2-1-3-5-11(10)16-13(18)9-6-7-12(17)15-8-9/h6-8,10-11H,1-5H2,(H,15,17)(H,16,18). The lowest BCUT2D eigenvalue weighted by Gasteiger charge is -2.21. The van der Waals surface area contributed by atoms with Crippen LogP contribution in [0, 0.1) is 0 Å². The molecule has 4 nitrogen and oxygen atoms in total. The van der Waals surface area contributed by atoms with Crippen molar-refractivity contribution < 1.29 is 4.79 Å². The molecule has 0 aliphatic heterocycles. The van der Waals surface area contributed by atoms with Crippen molar-refractivity contribution in [1.29, 1.82) is 0 Å². The lowest BCUT2D eigenvalue weighted by Crippen LogP contribution is -2.40. The van der Waals surface area contributed by atoms with Crippen molar-refractivity contribution >= 4 is 17.5 Å². The summed E-state index contributed by atoms with van der Waals surface area (Å²) in [6, 6.07) is 2.89. The van der Waals surface area contributed by atoms with Crippen LogP contribution in [0.25, 0.3) is 0 Å². The van der Waals surface area contributed by atoms with Crippen LogP contribution in [0.4, 0.5) is 0 Å². The molecule has 18 heavy (non-hydrogen) atoms. The molecule has 1 aliphatic carbocycles. The maximum Gasteiger partial charge on any atom is 0.253 e. The predicted octanol–water partition coefficient (Wildman–Crippen LogP) is 2.04. The van der Waals surface area contributed by atoms with Gasteiger partial charge >= 0.3 is 0 Å². The van der Waals surface area contributed by atoms with Gasteiger partial charge in [-0.2, -0.15) is 0 Å². The van der Waals surface area contributed by atoms with E-state index in [0.717, 1.165) is 25.7 Å². The molecule has 2 unspecified atom stereocenters. The van der Waals surface area contributed by atoms with Gasteiger partial charge in [0.25, 0.3) is 5.91 Å². The SMILES string of the molecule is O=C(NC1CCCCCC1Cl)c1ccc(=O)[nH]c1. The molecule has 5 heteroatoms. The molecule has 2 N–H and O–H groups in total. The van der Waals surface area contributed by atoms with Gasteiger partial charge in [-0.25, -0.2) is 0 Å². The minimum absolute atomic E-state index is 0.000730. The average Bonchev–Trinajstić information content (AvgIpc) is 2.56. The second-order valence-corrected chi connectivity index (χ2v) is 5.24. The van der Waals surface area contributed by atoms with Gasteiger partial charge in [0.05, 0.1) is 10.9 Å². The fourth-order valence-corrected chi connectivity index (χ4v) is 2.57. The van der Waals surface area contributed by atoms with E-state index in [9.17, 15) is 9.59 Å². The number of aromatic nitrogens is 1. The topological polar surface area (TPSA) is 62.0 Å². The zero-order valence-electron chi connectivity index (χ0n) is 10.1. The molecular formula is C13H17ClN2O2. The number of carbonyl (C=O) groups is 1. The average molecular weight is 269 g/mol. The number of rotatable bonds is 2. The van der Waals surface area contributed by atoms with Crippen molar-refractivity contribution in [1.82, 2.24) is 10.3 Å². The smallest absolute Gasteiger partial charge is 0.253 e. The van der Waals surface area contributed by atoms with E-state index >= 15 is 0 Å². The van der Waals surface area contributed by atoms with Gasteiger partial charge in [0, 0.05) is 18.3 Å². The van der Waals surface area contributed by atoms with Crippen LogP contribution in [0.1, 0.15) is 42.5 Å². The summed E-state index contributed by atoms with van der Waals surface area (Å²) in [4.78, 5) is 25.4. The minimum Gasteiger partial charge on any atom is -0.348 e. The predicted molar refractivity (Wildman–Crippen MR) is 71.0 cm³/mol. The fraction of sp³-hybridized carbons (Fsp3) is 0.538. The van der Waals surface area contributed by atoms with Gasteiger partial charge in [0.15, 0.2) is 0 Å². The van der Waals surface area contributed by atoms with Crippen LogP contribution in [0.5, 0.6) is 0 Å². The fourth-order valence-electron chi connectivity index (χ4n) is 2.23. The number of amides is 1. The Morgan fingerprint density at radius 3 is 2.78 bits per heavy atom. The summed E-state index contributed by atoms with van der Waals surface area (Å²) >= 11 is 6.27. The Kier molecular flexibility index (Phi) is 4.42. The molecule has 2 atom stereocenters. The lowest BCUT2D eigenvalue weighted by molar-refractivity contribution is 0.0933. The summed E-state index contributed by atoms with van der Waals surface area (Å²) in [5, 5.41) is 2.95. The highest BCUT2D eigenvalue weighted by Gasteiger charge is 2.23. The van der Waals surface area contributed by atoms with Crippen LogP contribution in [-0.4, -0.2) is 22.3 Å². The molecule has 1 fully saturated rings. The summed E-state index contributed by atoms with van der Waals surface area (Å²) < 4.78 is 0. The zero-order chi connectivity index (χ0) is 13.0. The molecule has 0 bridgehead atoms. The van der Waals surface area contributed by atoms with E-state index in [4.69, 9.17) is 11.6 Å². The van der Waals surface area contributed by atoms with Gasteiger partial charge in [-0.05, 0) is 18.9 Å². The number of H-pyrrole nitrogens is 1. The molecule has 98 valence electrons. The van der Waals surface area contributed by atoms with Crippen LogP contribution in [0.15, 0.2) is 23.1 Å². The highest BCUT2D eigenvalue weighted by atomic mass is 35.5. The zero-order valence-corrected chi connectivity index (χ0v) is 10.9. The number of nitrogens with one attached hydrogen (secondary N) is 2. The van der Waals surface area contributed by atoms with Crippen molar-refractivity contribution in [2.45, 2.75) is 43.5 Å². The Morgan fingerprint density at radius 1 is 1.28 bits per heavy atom. The number of aromatic amines is 1. The third kappa shape index (κ3) is 3.35. The third-order valence-electron chi connectivity index (χ3n) is 3.29. The second-order valence-electron chi connectivity index (χ2n) is 4.68. The van der Waals surface area contributed by atoms with Gasteiger partial charge in [0.2, 0.25) is 5.56 Å². The first-order chi connectivity index (χ1) is 8.66. The van der Waals surface area contributed by atoms with E-state index in [0.29, 0.717) is 5.56 Å². The quantitative estimate of drug-likeness (QED) is 0.637. The van der Waals surface area contributed by atoms with Crippen molar-refractivity contribution in [2.75, 3.05) is 0 Å². The Morgan fingerprint density at radius 2 is 2.06 bits per heavy atom. The normalized spacial score (nSPS) is 24.3. The summed E-state index contributed by atoms with van der Waals surface area (Å²) in [6.07, 6.45) is 6.69. The van der Waals surface area contributed by atoms with Gasteiger partial charge < -0.3 is 10.3 Å². The summed E-state index contributed by atoms with van der Waals surface area (Å²) in [5.41, 5.74) is 0.249. The molecule has 1 saturated carbocycles. The van der Waals surface area contributed by atoms with Crippen molar-refractivity contribution in [3.63, 3.8) is 0 Å². The van der Waals surface area contributed by atoms with Crippen molar-refractivity contribution in [3.05, 3.63) is 34.2 Å². The van der Waals surface area contributed by atoms with Gasteiger partial charge in [0.1, 0.15) is 0 Å². The lowest BCUT2D eigenvalue weighted by atomic mass is 10.1. The van der Waals surface area contributed by atoms with E-state index in [1.54, 1.807) is 0 Å². The number of pyridine rings is 1. The van der Waals surface area contributed by atoms with E-state index < -0.39 is 0 Å². The highest BCUT2D eigenvalue weighted by molar-refractivity contribution is 6.21. The minimum atomic E-state index is -0.212. The first-order valence-corrected chi connectivity index (χ1v) is 6.74. The number of hydrogen-bond acceptors (Lipinski definition) is 2. The molecule has 1 aromatic rings. The summed E-state index contributed by atoms with van der Waals surface area (Å²) in [5.74, 6) is -0.177. The summed E-state index contributed by atoms with van der Waals surface area (Å²) in [7, 11) is 0. The number of hydrogen-bond donors (Lipinski definition) is 2. The Hall–Kier alpha value is -1.29. The molecule has 0 aromatic carbocycles. The number of halogens is 1. The van der Waals surface area contributed by atoms with Gasteiger partial charge in [-0.15, -0.1) is 11.6 Å². The largest absolute Gasteiger partial charge is 0.348 e. The Bertz CT molecular complexity index is 452. The Labute approximate surface area is 111 Å². The molecular weight excluding hydrogens is 252 g/mol. The third-order valence-corrected chi connectivity index (χ3v) is 3.82. The maximum atomic E-state index is 12.0.